The van der Waals surface area contributed by atoms with E-state index in [4.69, 9.17) is 16.3 Å². The van der Waals surface area contributed by atoms with Crippen LogP contribution in [0.5, 0.6) is 0 Å². The third-order valence-corrected chi connectivity index (χ3v) is 5.26. The van der Waals surface area contributed by atoms with Gasteiger partial charge in [-0.2, -0.15) is 0 Å². The van der Waals surface area contributed by atoms with Crippen LogP contribution < -0.4 is 4.90 Å². The van der Waals surface area contributed by atoms with E-state index in [1.807, 2.05) is 36.1 Å². The maximum Gasteiger partial charge on any atom is 0.339 e. The molecule has 0 aliphatic carbocycles. The van der Waals surface area contributed by atoms with Gasteiger partial charge in [-0.05, 0) is 37.1 Å². The van der Waals surface area contributed by atoms with Crippen LogP contribution in [0.4, 0.5) is 5.69 Å². The Labute approximate surface area is 164 Å². The number of aromatic nitrogens is 1. The van der Waals surface area contributed by atoms with E-state index in [-0.39, 0.29) is 5.91 Å². The van der Waals surface area contributed by atoms with Crippen LogP contribution in [0.25, 0.3) is 0 Å². The Balaban J connectivity index is 1.74. The molecule has 2 aromatic rings. The minimum absolute atomic E-state index is 0.0805. The first-order valence-electron chi connectivity index (χ1n) is 9.05. The maximum atomic E-state index is 13.0. The van der Waals surface area contributed by atoms with Gasteiger partial charge >= 0.3 is 5.97 Å². The number of methoxy groups -OCH3 is 1. The number of nitrogens with one attached hydrogen (secondary N) is 1. The van der Waals surface area contributed by atoms with E-state index in [0.29, 0.717) is 41.4 Å². The molecule has 0 spiro atoms. The Bertz CT molecular complexity index is 854. The average molecular weight is 390 g/mol. The van der Waals surface area contributed by atoms with Gasteiger partial charge in [0.15, 0.2) is 0 Å². The Morgan fingerprint density at radius 1 is 1.22 bits per heavy atom. The number of aromatic amines is 1. The third-order valence-electron chi connectivity index (χ3n) is 5.02. The van der Waals surface area contributed by atoms with E-state index < -0.39 is 5.97 Å². The minimum atomic E-state index is -0.412. The monoisotopic (exact) mass is 389 g/mol. The van der Waals surface area contributed by atoms with Crippen LogP contribution in [-0.4, -0.2) is 55.0 Å². The first kappa shape index (κ1) is 19.3. The zero-order valence-corrected chi connectivity index (χ0v) is 16.6. The van der Waals surface area contributed by atoms with E-state index in [2.05, 4.69) is 9.88 Å². The number of hydrogen-bond donors (Lipinski definition) is 1. The van der Waals surface area contributed by atoms with E-state index in [1.165, 1.54) is 7.11 Å². The molecule has 1 aromatic carbocycles. The van der Waals surface area contributed by atoms with Crippen LogP contribution in [-0.2, 0) is 11.2 Å². The molecule has 1 N–H and O–H groups in total. The van der Waals surface area contributed by atoms with Crippen molar-refractivity contribution in [2.45, 2.75) is 20.3 Å². The lowest BCUT2D eigenvalue weighted by Gasteiger charge is -2.36. The van der Waals surface area contributed by atoms with E-state index >= 15 is 0 Å². The summed E-state index contributed by atoms with van der Waals surface area (Å²) in [5.74, 6) is -0.492. The number of anilines is 1. The van der Waals surface area contributed by atoms with Crippen molar-refractivity contribution >= 4 is 29.2 Å². The fourth-order valence-corrected chi connectivity index (χ4v) is 3.70. The molecule has 144 valence electrons. The lowest BCUT2D eigenvalue weighted by molar-refractivity contribution is 0.0599. The summed E-state index contributed by atoms with van der Waals surface area (Å²) in [6, 6.07) is 7.74. The van der Waals surface area contributed by atoms with Gasteiger partial charge in [0.1, 0.15) is 5.69 Å². The number of carbonyl (C=O) groups is 2. The van der Waals surface area contributed by atoms with Gasteiger partial charge in [-0.3, -0.25) is 4.79 Å². The molecule has 0 bridgehead atoms. The van der Waals surface area contributed by atoms with Crippen molar-refractivity contribution in [3.05, 3.63) is 51.8 Å². The Morgan fingerprint density at radius 3 is 2.52 bits per heavy atom. The van der Waals surface area contributed by atoms with Crippen LogP contribution in [0.15, 0.2) is 24.3 Å². The molecule has 1 aliphatic heterocycles. The number of esters is 1. The maximum absolute atomic E-state index is 13.0. The van der Waals surface area contributed by atoms with Crippen LogP contribution >= 0.6 is 11.6 Å². The summed E-state index contributed by atoms with van der Waals surface area (Å²) in [6.07, 6.45) is 0.626. The molecule has 0 unspecified atom stereocenters. The lowest BCUT2D eigenvalue weighted by atomic mass is 10.1. The number of carbonyl (C=O) groups excluding carboxylic acids is 2. The smallest absolute Gasteiger partial charge is 0.339 e. The highest BCUT2D eigenvalue weighted by molar-refractivity contribution is 6.30. The fourth-order valence-electron chi connectivity index (χ4n) is 3.51. The van der Waals surface area contributed by atoms with Crippen LogP contribution in [0, 0.1) is 6.92 Å². The quantitative estimate of drug-likeness (QED) is 0.815. The first-order valence-corrected chi connectivity index (χ1v) is 9.43. The Morgan fingerprint density at radius 2 is 1.93 bits per heavy atom. The summed E-state index contributed by atoms with van der Waals surface area (Å²) in [6.45, 7) is 6.41. The van der Waals surface area contributed by atoms with Crippen molar-refractivity contribution in [1.82, 2.24) is 9.88 Å². The highest BCUT2D eigenvalue weighted by Crippen LogP contribution is 2.24. The van der Waals surface area contributed by atoms with Crippen molar-refractivity contribution in [3.8, 4) is 0 Å². The van der Waals surface area contributed by atoms with E-state index in [0.717, 1.165) is 24.5 Å². The molecule has 1 amide bonds. The van der Waals surface area contributed by atoms with Gasteiger partial charge in [0.2, 0.25) is 0 Å². The number of ether oxygens (including phenoxy) is 1. The molecule has 2 heterocycles. The number of piperazine rings is 1. The number of nitrogens with zero attached hydrogens (tertiary/aromatic N) is 2. The lowest BCUT2D eigenvalue weighted by Crippen LogP contribution is -2.49. The SMILES string of the molecule is CCc1[nH]c(C(=O)N2CCN(c3cccc(Cl)c3)CC2)c(C)c1C(=O)OC. The van der Waals surface area contributed by atoms with E-state index in [9.17, 15) is 9.59 Å². The molecule has 1 fully saturated rings. The normalized spacial score (nSPS) is 14.4. The van der Waals surface area contributed by atoms with Crippen molar-refractivity contribution in [1.29, 1.82) is 0 Å². The van der Waals surface area contributed by atoms with E-state index in [1.54, 1.807) is 6.92 Å². The highest BCUT2D eigenvalue weighted by Gasteiger charge is 2.28. The molecule has 7 heteroatoms. The number of hydrogen-bond acceptors (Lipinski definition) is 4. The molecule has 1 saturated heterocycles. The zero-order chi connectivity index (χ0) is 19.6. The van der Waals surface area contributed by atoms with Gasteiger partial charge in [0, 0.05) is 42.6 Å². The van der Waals surface area contributed by atoms with Gasteiger partial charge in [-0.25, -0.2) is 4.79 Å². The van der Waals surface area contributed by atoms with Crippen LogP contribution in [0.3, 0.4) is 0 Å². The molecule has 1 aliphatic rings. The molecule has 6 nitrogen and oxygen atoms in total. The number of halogens is 1. The largest absolute Gasteiger partial charge is 0.465 e. The van der Waals surface area contributed by atoms with Crippen molar-refractivity contribution in [2.75, 3.05) is 38.2 Å². The zero-order valence-electron chi connectivity index (χ0n) is 15.8. The Kier molecular flexibility index (Phi) is 5.75. The number of rotatable bonds is 4. The summed E-state index contributed by atoms with van der Waals surface area (Å²) in [7, 11) is 1.35. The van der Waals surface area contributed by atoms with Gasteiger partial charge in [-0.15, -0.1) is 0 Å². The van der Waals surface area contributed by atoms with Crippen molar-refractivity contribution < 1.29 is 14.3 Å². The second kappa shape index (κ2) is 8.05. The average Bonchev–Trinajstić information content (AvgIpc) is 3.03. The molecule has 3 rings (SSSR count). The second-order valence-corrected chi connectivity index (χ2v) is 7.02. The topological polar surface area (TPSA) is 65.6 Å². The van der Waals surface area contributed by atoms with Gasteiger partial charge in [-0.1, -0.05) is 24.6 Å². The molecule has 1 aromatic heterocycles. The van der Waals surface area contributed by atoms with Gasteiger partial charge < -0.3 is 19.5 Å². The third kappa shape index (κ3) is 3.81. The Hall–Kier alpha value is -2.47. The number of aryl methyl sites for hydroxylation is 1. The summed E-state index contributed by atoms with van der Waals surface area (Å²) < 4.78 is 4.87. The molecule has 0 radical (unpaired) electrons. The minimum Gasteiger partial charge on any atom is -0.465 e. The predicted octanol–water partition coefficient (Wildman–Crippen LogP) is 3.29. The van der Waals surface area contributed by atoms with Crippen LogP contribution in [0.1, 0.15) is 39.0 Å². The first-order chi connectivity index (χ1) is 13.0. The molecular weight excluding hydrogens is 366 g/mol. The fraction of sp³-hybridized carbons (Fsp3) is 0.400. The summed E-state index contributed by atoms with van der Waals surface area (Å²) >= 11 is 6.08. The predicted molar refractivity (Wildman–Crippen MR) is 106 cm³/mol. The molecular formula is C20H24ClN3O3. The summed E-state index contributed by atoms with van der Waals surface area (Å²) in [5.41, 5.74) is 3.40. The molecule has 27 heavy (non-hydrogen) atoms. The van der Waals surface area contributed by atoms with Gasteiger partial charge in [0.25, 0.3) is 5.91 Å². The molecule has 0 saturated carbocycles. The van der Waals surface area contributed by atoms with Gasteiger partial charge in [0.05, 0.1) is 12.7 Å². The second-order valence-electron chi connectivity index (χ2n) is 6.58. The molecule has 0 atom stereocenters. The number of amides is 1. The summed E-state index contributed by atoms with van der Waals surface area (Å²) in [4.78, 5) is 32.3. The van der Waals surface area contributed by atoms with Crippen molar-refractivity contribution in [3.63, 3.8) is 0 Å². The number of benzene rings is 1. The van der Waals surface area contributed by atoms with Crippen LogP contribution in [0.2, 0.25) is 5.02 Å². The standard InChI is InChI=1S/C20H24ClN3O3/c1-4-16-17(20(26)27-3)13(2)18(22-16)19(25)24-10-8-23(9-11-24)15-7-5-6-14(21)12-15/h5-7,12,22H,4,8-11H2,1-3H3. The van der Waals surface area contributed by atoms with Crippen molar-refractivity contribution in [2.24, 2.45) is 0 Å². The number of H-pyrrole nitrogens is 1. The summed E-state index contributed by atoms with van der Waals surface area (Å²) in [5, 5.41) is 0.704. The highest BCUT2D eigenvalue weighted by atomic mass is 35.5.